The van der Waals surface area contributed by atoms with Gasteiger partial charge in [-0.15, -0.1) is 0 Å². The molecule has 0 saturated heterocycles. The molecule has 21 heavy (non-hydrogen) atoms. The van der Waals surface area contributed by atoms with Gasteiger partial charge in [0.2, 0.25) is 11.8 Å². The van der Waals surface area contributed by atoms with Crippen LogP contribution in [0, 0.1) is 5.92 Å². The fraction of sp³-hybridized carbons (Fsp3) is 0.273. The first-order valence-corrected chi connectivity index (χ1v) is 5.20. The number of hydrogen-bond donors (Lipinski definition) is 2. The molecule has 1 amide bonds. The van der Waals surface area contributed by atoms with Gasteiger partial charge < -0.3 is 10.4 Å². The molecule has 0 heterocycles. The Bertz CT molecular complexity index is 538. The van der Waals surface area contributed by atoms with E-state index in [-0.39, 0.29) is 0 Å². The summed E-state index contributed by atoms with van der Waals surface area (Å²) in [5.41, 5.74) is -0.887. The normalized spacial score (nSPS) is 12.3. The Hall–Kier alpha value is -2.26. The molecule has 1 aromatic rings. The van der Waals surface area contributed by atoms with Crippen molar-refractivity contribution in [1.82, 2.24) is 0 Å². The van der Waals surface area contributed by atoms with Crippen LogP contribution in [0.15, 0.2) is 24.3 Å². The molecule has 0 saturated carbocycles. The minimum Gasteiger partial charge on any atom is -0.478 e. The van der Waals surface area contributed by atoms with E-state index in [1.54, 1.807) is 0 Å². The zero-order valence-corrected chi connectivity index (χ0v) is 9.92. The van der Waals surface area contributed by atoms with Crippen molar-refractivity contribution in [2.45, 2.75) is 12.4 Å². The second-order valence-corrected chi connectivity index (χ2v) is 3.89. The summed E-state index contributed by atoms with van der Waals surface area (Å²) in [6, 6.07) is 3.83. The van der Waals surface area contributed by atoms with Gasteiger partial charge in [0.05, 0.1) is 5.56 Å². The summed E-state index contributed by atoms with van der Waals surface area (Å²) in [6.45, 7) is 0. The lowest BCUT2D eigenvalue weighted by Crippen LogP contribution is -2.45. The first-order valence-electron chi connectivity index (χ1n) is 5.20. The third-order valence-corrected chi connectivity index (χ3v) is 2.29. The maximum Gasteiger partial charge on any atom is 0.409 e. The summed E-state index contributed by atoms with van der Waals surface area (Å²) in [5.74, 6) is -7.98. The second kappa shape index (κ2) is 5.62. The monoisotopic (exact) mass is 315 g/mol. The van der Waals surface area contributed by atoms with Crippen LogP contribution in [0.5, 0.6) is 0 Å². The zero-order valence-electron chi connectivity index (χ0n) is 9.92. The molecular weight excluding hydrogens is 308 g/mol. The minimum atomic E-state index is -5.81. The fourth-order valence-electron chi connectivity index (χ4n) is 1.43. The minimum absolute atomic E-state index is 0.400. The van der Waals surface area contributed by atoms with Crippen LogP contribution in [0.25, 0.3) is 0 Å². The molecule has 0 fully saturated rings. The van der Waals surface area contributed by atoms with E-state index in [9.17, 15) is 35.9 Å². The van der Waals surface area contributed by atoms with E-state index in [0.29, 0.717) is 0 Å². The number of nitrogens with one attached hydrogen (secondary N) is 1. The quantitative estimate of drug-likeness (QED) is 0.843. The number of halogens is 6. The summed E-state index contributed by atoms with van der Waals surface area (Å²) >= 11 is 0. The van der Waals surface area contributed by atoms with Crippen LogP contribution in [0.3, 0.4) is 0 Å². The third kappa shape index (κ3) is 4.36. The Morgan fingerprint density at radius 2 is 1.57 bits per heavy atom. The Kier molecular flexibility index (Phi) is 4.49. The van der Waals surface area contributed by atoms with Gasteiger partial charge in [0, 0.05) is 5.69 Å². The van der Waals surface area contributed by atoms with Crippen molar-refractivity contribution in [3.63, 3.8) is 0 Å². The zero-order chi connectivity index (χ0) is 16.4. The van der Waals surface area contributed by atoms with Crippen molar-refractivity contribution >= 4 is 17.6 Å². The smallest absolute Gasteiger partial charge is 0.409 e. The lowest BCUT2D eigenvalue weighted by atomic mass is 10.1. The van der Waals surface area contributed by atoms with E-state index in [1.807, 2.05) is 0 Å². The summed E-state index contributed by atoms with van der Waals surface area (Å²) in [6.07, 6.45) is -11.6. The third-order valence-electron chi connectivity index (χ3n) is 2.29. The van der Waals surface area contributed by atoms with Crippen LogP contribution in [-0.2, 0) is 4.79 Å². The number of carboxylic acid groups (broad SMARTS) is 1. The van der Waals surface area contributed by atoms with Gasteiger partial charge in [-0.25, -0.2) is 4.79 Å². The average Bonchev–Trinajstić information content (AvgIpc) is 2.24. The van der Waals surface area contributed by atoms with Gasteiger partial charge in [-0.05, 0) is 18.2 Å². The molecule has 2 N–H and O–H groups in total. The molecular formula is C11H7F6NO3. The summed E-state index contributed by atoms with van der Waals surface area (Å²) in [7, 11) is 0. The van der Waals surface area contributed by atoms with E-state index in [4.69, 9.17) is 5.11 Å². The Labute approximate surface area is 113 Å². The van der Waals surface area contributed by atoms with Crippen LogP contribution in [-0.4, -0.2) is 29.3 Å². The number of carboxylic acids is 1. The highest BCUT2D eigenvalue weighted by molar-refractivity contribution is 5.95. The maximum atomic E-state index is 12.3. The van der Waals surface area contributed by atoms with Gasteiger partial charge in [-0.2, -0.15) is 26.3 Å². The average molecular weight is 315 g/mol. The molecule has 0 bridgehead atoms. The number of rotatable bonds is 3. The van der Waals surface area contributed by atoms with Crippen LogP contribution in [0.4, 0.5) is 32.0 Å². The van der Waals surface area contributed by atoms with Crippen LogP contribution < -0.4 is 5.32 Å². The maximum absolute atomic E-state index is 12.3. The molecule has 0 unspecified atom stereocenters. The molecule has 0 aliphatic carbocycles. The van der Waals surface area contributed by atoms with Crippen LogP contribution in [0.2, 0.25) is 0 Å². The Morgan fingerprint density at radius 1 is 1.05 bits per heavy atom. The lowest BCUT2D eigenvalue weighted by Gasteiger charge is -2.22. The van der Waals surface area contributed by atoms with Gasteiger partial charge >= 0.3 is 18.3 Å². The number of benzene rings is 1. The van der Waals surface area contributed by atoms with Gasteiger partial charge in [-0.1, -0.05) is 6.07 Å². The van der Waals surface area contributed by atoms with E-state index >= 15 is 0 Å². The molecule has 116 valence electrons. The molecule has 4 nitrogen and oxygen atoms in total. The molecule has 1 rings (SSSR count). The first-order chi connectivity index (χ1) is 9.43. The summed E-state index contributed by atoms with van der Waals surface area (Å²) < 4.78 is 73.8. The number of aromatic carboxylic acids is 1. The molecule has 0 atom stereocenters. The van der Waals surface area contributed by atoms with Gasteiger partial charge in [0.25, 0.3) is 0 Å². The number of carbonyl (C=O) groups excluding carboxylic acids is 1. The van der Waals surface area contributed by atoms with E-state index in [0.717, 1.165) is 24.3 Å². The van der Waals surface area contributed by atoms with E-state index < -0.39 is 41.4 Å². The summed E-state index contributed by atoms with van der Waals surface area (Å²) in [4.78, 5) is 21.8. The molecule has 0 radical (unpaired) electrons. The highest BCUT2D eigenvalue weighted by atomic mass is 19.4. The largest absolute Gasteiger partial charge is 0.478 e. The van der Waals surface area contributed by atoms with Crippen molar-refractivity contribution in [3.8, 4) is 0 Å². The molecule has 0 aromatic heterocycles. The molecule has 1 aromatic carbocycles. The van der Waals surface area contributed by atoms with Crippen molar-refractivity contribution in [3.05, 3.63) is 29.8 Å². The fourth-order valence-corrected chi connectivity index (χ4v) is 1.43. The number of hydrogen-bond acceptors (Lipinski definition) is 2. The van der Waals surface area contributed by atoms with Crippen molar-refractivity contribution in [1.29, 1.82) is 0 Å². The number of carbonyl (C=O) groups is 2. The number of alkyl halides is 6. The first kappa shape index (κ1) is 16.8. The van der Waals surface area contributed by atoms with Gasteiger partial charge in [0.15, 0.2) is 0 Å². The number of anilines is 1. The van der Waals surface area contributed by atoms with Crippen molar-refractivity contribution in [2.75, 3.05) is 5.32 Å². The van der Waals surface area contributed by atoms with Crippen LogP contribution in [0.1, 0.15) is 10.4 Å². The van der Waals surface area contributed by atoms with Gasteiger partial charge in [-0.3, -0.25) is 4.79 Å². The highest BCUT2D eigenvalue weighted by Crippen LogP contribution is 2.39. The van der Waals surface area contributed by atoms with Crippen LogP contribution >= 0.6 is 0 Å². The summed E-state index contributed by atoms with van der Waals surface area (Å²) in [5, 5.41) is 10.0. The SMILES string of the molecule is O=C(O)c1cccc(NC(=O)C(C(F)(F)F)C(F)(F)F)c1. The molecule has 0 spiro atoms. The van der Waals surface area contributed by atoms with E-state index in [2.05, 4.69) is 0 Å². The molecule has 0 aliphatic heterocycles. The predicted octanol–water partition coefficient (Wildman–Crippen LogP) is 3.06. The lowest BCUT2D eigenvalue weighted by molar-refractivity contribution is -0.272. The van der Waals surface area contributed by atoms with Gasteiger partial charge in [0.1, 0.15) is 0 Å². The predicted molar refractivity (Wildman–Crippen MR) is 57.6 cm³/mol. The Morgan fingerprint density at radius 3 is 2.00 bits per heavy atom. The topological polar surface area (TPSA) is 66.4 Å². The Balaban J connectivity index is 3.03. The standard InChI is InChI=1S/C11H7F6NO3/c12-10(13,14)7(11(15,16)17)8(19)18-6-3-1-2-5(4-6)9(20)21/h1-4,7H,(H,18,19)(H,20,21). The second-order valence-electron chi connectivity index (χ2n) is 3.89. The molecule has 10 heteroatoms. The van der Waals surface area contributed by atoms with Crippen molar-refractivity contribution in [2.24, 2.45) is 5.92 Å². The highest BCUT2D eigenvalue weighted by Gasteiger charge is 2.61. The van der Waals surface area contributed by atoms with Crippen molar-refractivity contribution < 1.29 is 41.0 Å². The van der Waals surface area contributed by atoms with E-state index in [1.165, 1.54) is 5.32 Å². The molecule has 0 aliphatic rings. The number of amides is 1.